The molecule has 27 heavy (non-hydrogen) atoms. The van der Waals surface area contributed by atoms with Crippen LogP contribution in [0.5, 0.6) is 0 Å². The minimum atomic E-state index is -0.243. The third-order valence-corrected chi connectivity index (χ3v) is 5.55. The maximum Gasteiger partial charge on any atom is 0.318 e. The van der Waals surface area contributed by atoms with Crippen molar-refractivity contribution in [3.8, 4) is 6.07 Å². The average molecular weight is 381 g/mol. The number of hydrogen-bond donors (Lipinski definition) is 1. The Bertz CT molecular complexity index is 893. The van der Waals surface area contributed by atoms with E-state index in [1.165, 1.54) is 17.8 Å². The molecule has 3 rings (SSSR count). The Morgan fingerprint density at radius 1 is 1.41 bits per heavy atom. The Kier molecular flexibility index (Phi) is 6.15. The quantitative estimate of drug-likeness (QED) is 0.768. The van der Waals surface area contributed by atoms with Crippen molar-refractivity contribution in [1.82, 2.24) is 10.2 Å². The molecule has 0 aliphatic carbocycles. The lowest BCUT2D eigenvalue weighted by Gasteiger charge is -2.29. The van der Waals surface area contributed by atoms with Crippen LogP contribution in [0.2, 0.25) is 0 Å². The fourth-order valence-electron chi connectivity index (χ4n) is 3.11. The van der Waals surface area contributed by atoms with Crippen LogP contribution in [-0.2, 0) is 6.54 Å². The van der Waals surface area contributed by atoms with Crippen LogP contribution >= 0.6 is 11.8 Å². The summed E-state index contributed by atoms with van der Waals surface area (Å²) in [6.07, 6.45) is 2.41. The van der Waals surface area contributed by atoms with Gasteiger partial charge in [0, 0.05) is 23.7 Å². The van der Waals surface area contributed by atoms with Crippen molar-refractivity contribution in [1.29, 1.82) is 5.26 Å². The van der Waals surface area contributed by atoms with Gasteiger partial charge in [-0.1, -0.05) is 30.3 Å². The summed E-state index contributed by atoms with van der Waals surface area (Å²) in [4.78, 5) is 15.1. The van der Waals surface area contributed by atoms with Gasteiger partial charge in [-0.25, -0.2) is 9.18 Å². The number of hydrogen-bond acceptors (Lipinski definition) is 3. The van der Waals surface area contributed by atoms with Gasteiger partial charge in [0.05, 0.1) is 17.7 Å². The minimum Gasteiger partial charge on any atom is -0.331 e. The van der Waals surface area contributed by atoms with Gasteiger partial charge in [0.1, 0.15) is 5.82 Å². The van der Waals surface area contributed by atoms with Crippen LogP contribution in [0.4, 0.5) is 9.18 Å². The highest BCUT2D eigenvalue weighted by molar-refractivity contribution is 7.99. The highest BCUT2D eigenvalue weighted by Gasteiger charge is 2.26. The Morgan fingerprint density at radius 2 is 2.22 bits per heavy atom. The van der Waals surface area contributed by atoms with Gasteiger partial charge in [-0.2, -0.15) is 5.26 Å². The Hall–Kier alpha value is -2.78. The molecule has 1 N–H and O–H groups in total. The first-order chi connectivity index (χ1) is 13.1. The summed E-state index contributed by atoms with van der Waals surface area (Å²) < 4.78 is 14.0. The van der Waals surface area contributed by atoms with Crippen LogP contribution in [0, 0.1) is 17.1 Å². The van der Waals surface area contributed by atoms with E-state index in [-0.39, 0.29) is 17.9 Å². The summed E-state index contributed by atoms with van der Waals surface area (Å²) in [5, 5.41) is 12.1. The fourth-order valence-corrected chi connectivity index (χ4v) is 4.25. The number of amides is 2. The van der Waals surface area contributed by atoms with Crippen molar-refractivity contribution < 1.29 is 9.18 Å². The second-order valence-electron chi connectivity index (χ2n) is 6.28. The number of nitrogens with one attached hydrogen (secondary N) is 1. The molecule has 0 saturated heterocycles. The van der Waals surface area contributed by atoms with E-state index in [2.05, 4.69) is 18.0 Å². The molecule has 4 nitrogen and oxygen atoms in total. The van der Waals surface area contributed by atoms with Crippen molar-refractivity contribution >= 4 is 17.8 Å². The van der Waals surface area contributed by atoms with Gasteiger partial charge in [-0.3, -0.25) is 0 Å². The molecule has 0 unspecified atom stereocenters. The van der Waals surface area contributed by atoms with E-state index in [0.29, 0.717) is 23.5 Å². The molecule has 0 saturated carbocycles. The topological polar surface area (TPSA) is 56.1 Å². The summed E-state index contributed by atoms with van der Waals surface area (Å²) in [6, 6.07) is 13.8. The number of carbonyl (C=O) groups excluding carboxylic acids is 1. The van der Waals surface area contributed by atoms with E-state index in [9.17, 15) is 9.18 Å². The van der Waals surface area contributed by atoms with Crippen molar-refractivity contribution in [2.24, 2.45) is 0 Å². The van der Waals surface area contributed by atoms with Crippen LogP contribution in [0.15, 0.2) is 60.0 Å². The van der Waals surface area contributed by atoms with Crippen molar-refractivity contribution in [3.63, 3.8) is 0 Å². The monoisotopic (exact) mass is 381 g/mol. The van der Waals surface area contributed by atoms with Gasteiger partial charge >= 0.3 is 6.03 Å². The van der Waals surface area contributed by atoms with Gasteiger partial charge in [0.2, 0.25) is 0 Å². The second-order valence-corrected chi connectivity index (χ2v) is 7.38. The zero-order valence-corrected chi connectivity index (χ0v) is 15.6. The maximum atomic E-state index is 14.0. The van der Waals surface area contributed by atoms with E-state index in [0.717, 1.165) is 23.3 Å². The zero-order chi connectivity index (χ0) is 19.2. The molecule has 2 amide bonds. The summed E-state index contributed by atoms with van der Waals surface area (Å²) in [7, 11) is 0. The molecule has 6 heteroatoms. The number of thioether (sulfide) groups is 1. The SMILES string of the molecule is C=CCN(Cc1cccc(C#N)c1)C(=O)N[C@H]1CCSc2c(F)cccc21. The normalized spacial score (nSPS) is 15.3. The molecule has 0 radical (unpaired) electrons. The highest BCUT2D eigenvalue weighted by atomic mass is 32.2. The van der Waals surface area contributed by atoms with Crippen LogP contribution in [0.1, 0.15) is 29.2 Å². The van der Waals surface area contributed by atoms with Crippen LogP contribution in [0.25, 0.3) is 0 Å². The lowest BCUT2D eigenvalue weighted by Crippen LogP contribution is -2.42. The fraction of sp³-hybridized carbons (Fsp3) is 0.238. The van der Waals surface area contributed by atoms with Crippen molar-refractivity contribution in [3.05, 3.63) is 77.6 Å². The first kappa shape index (κ1) is 19.0. The van der Waals surface area contributed by atoms with Crippen molar-refractivity contribution in [2.75, 3.05) is 12.3 Å². The molecule has 2 aromatic carbocycles. The average Bonchev–Trinajstić information content (AvgIpc) is 2.68. The van der Waals surface area contributed by atoms with Gasteiger partial charge in [0.25, 0.3) is 0 Å². The number of fused-ring (bicyclic) bond motifs is 1. The Balaban J connectivity index is 1.76. The van der Waals surface area contributed by atoms with E-state index < -0.39 is 0 Å². The number of nitrogens with zero attached hydrogens (tertiary/aromatic N) is 2. The molecule has 138 valence electrons. The smallest absolute Gasteiger partial charge is 0.318 e. The van der Waals surface area contributed by atoms with E-state index in [1.807, 2.05) is 12.1 Å². The molecule has 1 aliphatic heterocycles. The number of benzene rings is 2. The predicted octanol–water partition coefficient (Wildman–Crippen LogP) is 4.63. The highest BCUT2D eigenvalue weighted by Crippen LogP contribution is 2.37. The predicted molar refractivity (Wildman–Crippen MR) is 105 cm³/mol. The molecule has 0 bridgehead atoms. The molecule has 0 fully saturated rings. The largest absolute Gasteiger partial charge is 0.331 e. The standard InChI is InChI=1S/C21H20FN3OS/c1-2-10-25(14-16-6-3-5-15(12-16)13-23)21(26)24-19-9-11-27-20-17(19)7-4-8-18(20)22/h2-8,12,19H,1,9-11,14H2,(H,24,26)/t19-/m0/s1. The van der Waals surface area contributed by atoms with Gasteiger partial charge in [-0.05, 0) is 35.7 Å². The van der Waals surface area contributed by atoms with E-state index >= 15 is 0 Å². The summed E-state index contributed by atoms with van der Waals surface area (Å²) in [5.41, 5.74) is 2.25. The molecule has 0 aromatic heterocycles. The summed E-state index contributed by atoms with van der Waals surface area (Å²) in [6.45, 7) is 4.47. The van der Waals surface area contributed by atoms with Crippen LogP contribution in [-0.4, -0.2) is 23.2 Å². The van der Waals surface area contributed by atoms with Crippen LogP contribution < -0.4 is 5.32 Å². The number of carbonyl (C=O) groups is 1. The summed E-state index contributed by atoms with van der Waals surface area (Å²) in [5.74, 6) is 0.512. The number of rotatable bonds is 5. The van der Waals surface area contributed by atoms with Gasteiger partial charge < -0.3 is 10.2 Å². The van der Waals surface area contributed by atoms with E-state index in [4.69, 9.17) is 5.26 Å². The van der Waals surface area contributed by atoms with Gasteiger partial charge in [-0.15, -0.1) is 18.3 Å². The number of urea groups is 1. The molecule has 1 aliphatic rings. The maximum absolute atomic E-state index is 14.0. The molecular weight excluding hydrogens is 361 g/mol. The first-order valence-electron chi connectivity index (χ1n) is 8.69. The van der Waals surface area contributed by atoms with Crippen molar-refractivity contribution in [2.45, 2.75) is 23.9 Å². The van der Waals surface area contributed by atoms with Crippen LogP contribution in [0.3, 0.4) is 0 Å². The lowest BCUT2D eigenvalue weighted by atomic mass is 10.0. The molecular formula is C21H20FN3OS. The third kappa shape index (κ3) is 4.50. The molecule has 2 aromatic rings. The zero-order valence-electron chi connectivity index (χ0n) is 14.8. The van der Waals surface area contributed by atoms with Gasteiger partial charge in [0.15, 0.2) is 0 Å². The lowest BCUT2D eigenvalue weighted by molar-refractivity contribution is 0.196. The second kappa shape index (κ2) is 8.74. The Labute approximate surface area is 162 Å². The molecule has 1 atom stereocenters. The Morgan fingerprint density at radius 3 is 3.00 bits per heavy atom. The number of halogens is 1. The molecule has 0 spiro atoms. The summed E-state index contributed by atoms with van der Waals surface area (Å²) >= 11 is 1.48. The van der Waals surface area contributed by atoms with E-state index in [1.54, 1.807) is 35.2 Å². The third-order valence-electron chi connectivity index (χ3n) is 4.39. The minimum absolute atomic E-state index is 0.220. The number of nitriles is 1. The molecule has 1 heterocycles. The first-order valence-corrected chi connectivity index (χ1v) is 9.67.